The van der Waals surface area contributed by atoms with Gasteiger partial charge in [-0.05, 0) is 49.2 Å². The Morgan fingerprint density at radius 3 is 2.79 bits per heavy atom. The summed E-state index contributed by atoms with van der Waals surface area (Å²) in [7, 11) is 0. The number of fused-ring (bicyclic) bond motifs is 3. The Morgan fingerprint density at radius 2 is 1.96 bits per heavy atom. The van der Waals surface area contributed by atoms with E-state index in [1.54, 1.807) is 4.40 Å². The number of thiazole rings is 1. The van der Waals surface area contributed by atoms with Crippen molar-refractivity contribution in [2.45, 2.75) is 26.7 Å². The van der Waals surface area contributed by atoms with Crippen molar-refractivity contribution in [3.63, 3.8) is 0 Å². The summed E-state index contributed by atoms with van der Waals surface area (Å²) in [5.74, 6) is 1.44. The Morgan fingerprint density at radius 1 is 1.11 bits per heavy atom. The average Bonchev–Trinajstić information content (AvgIpc) is 3.20. The lowest BCUT2D eigenvalue weighted by molar-refractivity contribution is 0.272. The maximum atomic E-state index is 12.9. The molecule has 0 N–H and O–H groups in total. The molecule has 0 aliphatic carbocycles. The molecule has 0 atom stereocenters. The molecule has 0 bridgehead atoms. The molecular weight excluding hydrogens is 372 g/mol. The van der Waals surface area contributed by atoms with E-state index in [0.717, 1.165) is 35.2 Å². The zero-order valence-electron chi connectivity index (χ0n) is 16.0. The van der Waals surface area contributed by atoms with E-state index in [-0.39, 0.29) is 5.56 Å². The Hall–Kier alpha value is -2.86. The monoisotopic (exact) mass is 394 g/mol. The molecule has 144 valence electrons. The highest BCUT2D eigenvalue weighted by Crippen LogP contribution is 2.29. The maximum Gasteiger partial charge on any atom is 0.274 e. The summed E-state index contributed by atoms with van der Waals surface area (Å²) in [4.78, 5) is 18.2. The molecule has 0 aliphatic rings. The number of para-hydroxylation sites is 2. The highest BCUT2D eigenvalue weighted by Gasteiger charge is 2.11. The SMILES string of the molecule is CCCCOc1ccc(C=c2sc3nc4ccccc4n3c2=O)cc1OCC. The van der Waals surface area contributed by atoms with Crippen LogP contribution in [-0.4, -0.2) is 22.6 Å². The number of aromatic nitrogens is 2. The molecule has 2 aromatic carbocycles. The van der Waals surface area contributed by atoms with Gasteiger partial charge in [0, 0.05) is 0 Å². The lowest BCUT2D eigenvalue weighted by Crippen LogP contribution is -2.22. The van der Waals surface area contributed by atoms with E-state index in [9.17, 15) is 4.79 Å². The third-order valence-corrected chi connectivity index (χ3v) is 5.43. The summed E-state index contributed by atoms with van der Waals surface area (Å²) >= 11 is 1.40. The van der Waals surface area contributed by atoms with Crippen LogP contribution in [0.4, 0.5) is 0 Å². The molecule has 0 saturated carbocycles. The third-order valence-electron chi connectivity index (χ3n) is 4.47. The predicted molar refractivity (Wildman–Crippen MR) is 114 cm³/mol. The molecule has 0 fully saturated rings. The number of unbranched alkanes of at least 4 members (excludes halogenated alkanes) is 1. The predicted octanol–water partition coefficient (Wildman–Crippen LogP) is 4.03. The minimum atomic E-state index is -0.0464. The zero-order valence-corrected chi connectivity index (χ0v) is 16.8. The molecule has 5 nitrogen and oxygen atoms in total. The van der Waals surface area contributed by atoms with Crippen molar-refractivity contribution >= 4 is 33.4 Å². The first-order valence-corrected chi connectivity index (χ1v) is 10.3. The van der Waals surface area contributed by atoms with E-state index in [2.05, 4.69) is 11.9 Å². The van der Waals surface area contributed by atoms with E-state index in [1.807, 2.05) is 55.5 Å². The van der Waals surface area contributed by atoms with Gasteiger partial charge in [0.1, 0.15) is 0 Å². The number of nitrogens with zero attached hydrogens (tertiary/aromatic N) is 2. The second-order valence-corrected chi connectivity index (χ2v) is 7.48. The molecule has 0 spiro atoms. The van der Waals surface area contributed by atoms with Crippen LogP contribution in [-0.2, 0) is 0 Å². The molecular formula is C22H22N2O3S. The smallest absolute Gasteiger partial charge is 0.274 e. The van der Waals surface area contributed by atoms with Gasteiger partial charge in [0.2, 0.25) is 0 Å². The van der Waals surface area contributed by atoms with Crippen molar-refractivity contribution < 1.29 is 9.47 Å². The molecule has 0 radical (unpaired) electrons. The van der Waals surface area contributed by atoms with Gasteiger partial charge in [0.25, 0.3) is 5.56 Å². The molecule has 0 unspecified atom stereocenters. The highest BCUT2D eigenvalue weighted by atomic mass is 32.1. The number of hydrogen-bond donors (Lipinski definition) is 0. The number of ether oxygens (including phenoxy) is 2. The van der Waals surface area contributed by atoms with Gasteiger partial charge in [-0.1, -0.05) is 42.9 Å². The Bertz CT molecular complexity index is 1230. The Balaban J connectivity index is 1.74. The van der Waals surface area contributed by atoms with Crippen LogP contribution >= 0.6 is 11.3 Å². The average molecular weight is 394 g/mol. The summed E-state index contributed by atoms with van der Waals surface area (Å²) in [6.07, 6.45) is 3.97. The largest absolute Gasteiger partial charge is 0.490 e. The summed E-state index contributed by atoms with van der Waals surface area (Å²) in [5, 5.41) is 0. The van der Waals surface area contributed by atoms with E-state index >= 15 is 0 Å². The van der Waals surface area contributed by atoms with Crippen molar-refractivity contribution in [3.8, 4) is 11.5 Å². The fraction of sp³-hybridized carbons (Fsp3) is 0.273. The van der Waals surface area contributed by atoms with Gasteiger partial charge in [-0.25, -0.2) is 9.38 Å². The van der Waals surface area contributed by atoms with Gasteiger partial charge in [-0.3, -0.25) is 4.79 Å². The van der Waals surface area contributed by atoms with Gasteiger partial charge in [-0.2, -0.15) is 0 Å². The fourth-order valence-electron chi connectivity index (χ4n) is 3.09. The minimum Gasteiger partial charge on any atom is -0.490 e. The topological polar surface area (TPSA) is 52.8 Å². The maximum absolute atomic E-state index is 12.9. The van der Waals surface area contributed by atoms with Gasteiger partial charge in [0.15, 0.2) is 16.5 Å². The van der Waals surface area contributed by atoms with E-state index in [4.69, 9.17) is 9.47 Å². The van der Waals surface area contributed by atoms with Crippen LogP contribution in [0.5, 0.6) is 11.5 Å². The molecule has 0 amide bonds. The second kappa shape index (κ2) is 8.02. The number of hydrogen-bond acceptors (Lipinski definition) is 5. The standard InChI is InChI=1S/C22H22N2O3S/c1-3-5-12-27-18-11-10-15(13-19(18)26-4-2)14-20-21(25)24-17-9-7-6-8-16(17)23-22(24)28-20/h6-11,13-14H,3-5,12H2,1-2H3. The fourth-order valence-corrected chi connectivity index (χ4v) is 4.08. The van der Waals surface area contributed by atoms with E-state index in [1.165, 1.54) is 11.3 Å². The van der Waals surface area contributed by atoms with Crippen LogP contribution in [0.2, 0.25) is 0 Å². The van der Waals surface area contributed by atoms with Crippen molar-refractivity contribution in [1.29, 1.82) is 0 Å². The van der Waals surface area contributed by atoms with Gasteiger partial charge < -0.3 is 9.47 Å². The quantitative estimate of drug-likeness (QED) is 0.444. The second-order valence-electron chi connectivity index (χ2n) is 6.48. The summed E-state index contributed by atoms with van der Waals surface area (Å²) in [6.45, 7) is 5.30. The van der Waals surface area contributed by atoms with Crippen LogP contribution in [0.1, 0.15) is 32.3 Å². The zero-order chi connectivity index (χ0) is 19.5. The van der Waals surface area contributed by atoms with Crippen molar-refractivity contribution in [3.05, 3.63) is 62.9 Å². The molecule has 28 heavy (non-hydrogen) atoms. The Kier molecular flexibility index (Phi) is 5.30. The molecule has 4 rings (SSSR count). The molecule has 0 saturated heterocycles. The van der Waals surface area contributed by atoms with Crippen molar-refractivity contribution in [1.82, 2.24) is 9.38 Å². The highest BCUT2D eigenvalue weighted by molar-refractivity contribution is 7.15. The molecule has 2 heterocycles. The summed E-state index contributed by atoms with van der Waals surface area (Å²) in [6, 6.07) is 13.5. The molecule has 2 aromatic heterocycles. The normalized spacial score (nSPS) is 12.1. The van der Waals surface area contributed by atoms with E-state index in [0.29, 0.717) is 28.5 Å². The first-order valence-electron chi connectivity index (χ1n) is 9.52. The number of rotatable bonds is 7. The van der Waals surface area contributed by atoms with Gasteiger partial charge in [0.05, 0.1) is 28.8 Å². The molecule has 0 aliphatic heterocycles. The van der Waals surface area contributed by atoms with Crippen molar-refractivity contribution in [2.24, 2.45) is 0 Å². The summed E-state index contributed by atoms with van der Waals surface area (Å²) in [5.41, 5.74) is 2.53. The van der Waals surface area contributed by atoms with Crippen LogP contribution < -0.4 is 19.6 Å². The third kappa shape index (κ3) is 3.47. The Labute approximate surface area is 166 Å². The lowest BCUT2D eigenvalue weighted by Gasteiger charge is -2.12. The van der Waals surface area contributed by atoms with Gasteiger partial charge in [-0.15, -0.1) is 0 Å². The van der Waals surface area contributed by atoms with Crippen LogP contribution in [0.25, 0.3) is 22.1 Å². The number of imidazole rings is 1. The van der Waals surface area contributed by atoms with Gasteiger partial charge >= 0.3 is 0 Å². The van der Waals surface area contributed by atoms with Crippen LogP contribution in [0.3, 0.4) is 0 Å². The lowest BCUT2D eigenvalue weighted by atomic mass is 10.2. The van der Waals surface area contributed by atoms with Crippen LogP contribution in [0.15, 0.2) is 47.3 Å². The first kappa shape index (κ1) is 18.5. The van der Waals surface area contributed by atoms with Crippen LogP contribution in [0, 0.1) is 0 Å². The number of benzene rings is 2. The summed E-state index contributed by atoms with van der Waals surface area (Å²) < 4.78 is 13.9. The molecule has 4 aromatic rings. The first-order chi connectivity index (χ1) is 13.7. The van der Waals surface area contributed by atoms with Crippen molar-refractivity contribution in [2.75, 3.05) is 13.2 Å². The van der Waals surface area contributed by atoms with E-state index < -0.39 is 0 Å². The molecule has 6 heteroatoms. The minimum absolute atomic E-state index is 0.0464.